The van der Waals surface area contributed by atoms with E-state index in [2.05, 4.69) is 10.3 Å². The molecule has 0 aromatic carbocycles. The van der Waals surface area contributed by atoms with Crippen LogP contribution in [-0.2, 0) is 0 Å². The third kappa shape index (κ3) is 3.91. The highest BCUT2D eigenvalue weighted by Gasteiger charge is 2.20. The summed E-state index contributed by atoms with van der Waals surface area (Å²) >= 11 is 0. The van der Waals surface area contributed by atoms with Crippen molar-refractivity contribution in [2.75, 3.05) is 25.0 Å². The van der Waals surface area contributed by atoms with Crippen LogP contribution in [0.25, 0.3) is 0 Å². The van der Waals surface area contributed by atoms with Gasteiger partial charge in [-0.1, -0.05) is 13.8 Å². The van der Waals surface area contributed by atoms with Gasteiger partial charge in [0, 0.05) is 25.8 Å². The quantitative estimate of drug-likeness (QED) is 0.826. The van der Waals surface area contributed by atoms with E-state index in [9.17, 15) is 9.18 Å². The number of nitrogens with zero attached hydrogens (tertiary/aromatic N) is 2. The fourth-order valence-corrected chi connectivity index (χ4v) is 1.82. The lowest BCUT2D eigenvalue weighted by Gasteiger charge is -2.20. The van der Waals surface area contributed by atoms with Crippen molar-refractivity contribution in [1.82, 2.24) is 9.88 Å². The zero-order valence-corrected chi connectivity index (χ0v) is 11.9. The van der Waals surface area contributed by atoms with E-state index in [0.717, 1.165) is 12.8 Å². The molecule has 0 saturated carbocycles. The minimum atomic E-state index is -0.560. The molecule has 0 fully saturated rings. The van der Waals surface area contributed by atoms with Crippen LogP contribution in [-0.4, -0.2) is 35.4 Å². The summed E-state index contributed by atoms with van der Waals surface area (Å²) < 4.78 is 14.2. The van der Waals surface area contributed by atoms with Crippen molar-refractivity contribution >= 4 is 11.7 Å². The van der Waals surface area contributed by atoms with Crippen LogP contribution in [0.5, 0.6) is 0 Å². The molecule has 1 rings (SSSR count). The number of amides is 1. The molecule has 0 saturated heterocycles. The Morgan fingerprint density at radius 2 is 2.11 bits per heavy atom. The molecule has 19 heavy (non-hydrogen) atoms. The first-order valence-corrected chi connectivity index (χ1v) is 6.83. The summed E-state index contributed by atoms with van der Waals surface area (Å²) in [7, 11) is 0. The van der Waals surface area contributed by atoms with Crippen LogP contribution >= 0.6 is 0 Å². The van der Waals surface area contributed by atoms with E-state index in [0.29, 0.717) is 19.6 Å². The third-order valence-corrected chi connectivity index (χ3v) is 2.82. The average molecular weight is 267 g/mol. The van der Waals surface area contributed by atoms with Crippen LogP contribution in [0.2, 0.25) is 0 Å². The highest BCUT2D eigenvalue weighted by atomic mass is 19.1. The number of anilines is 1. The summed E-state index contributed by atoms with van der Waals surface area (Å²) in [4.78, 5) is 17.8. The van der Waals surface area contributed by atoms with E-state index in [1.807, 2.05) is 20.8 Å². The predicted octanol–water partition coefficient (Wildman–Crippen LogP) is 2.91. The number of carbonyl (C=O) groups excluding carboxylic acids is 1. The summed E-state index contributed by atoms with van der Waals surface area (Å²) in [6.07, 6.45) is 3.19. The monoisotopic (exact) mass is 267 g/mol. The van der Waals surface area contributed by atoms with Crippen LogP contribution in [0.1, 0.15) is 44.0 Å². The smallest absolute Gasteiger partial charge is 0.257 e. The van der Waals surface area contributed by atoms with Crippen molar-refractivity contribution in [3.8, 4) is 0 Å². The minimum Gasteiger partial charge on any atom is -0.368 e. The van der Waals surface area contributed by atoms with Gasteiger partial charge in [0.15, 0.2) is 11.6 Å². The lowest BCUT2D eigenvalue weighted by atomic mass is 10.2. The third-order valence-electron chi connectivity index (χ3n) is 2.82. The van der Waals surface area contributed by atoms with Gasteiger partial charge in [-0.2, -0.15) is 0 Å². The van der Waals surface area contributed by atoms with E-state index in [1.54, 1.807) is 4.90 Å². The molecule has 1 amide bonds. The standard InChI is InChI=1S/C14H22FN3O/c1-4-8-16-13-12(15)11(7-9-17-13)14(19)18(6-3)10-5-2/h7,9H,4-6,8,10H2,1-3H3,(H,16,17). The highest BCUT2D eigenvalue weighted by Crippen LogP contribution is 2.17. The second-order valence-corrected chi connectivity index (χ2v) is 4.33. The van der Waals surface area contributed by atoms with Crippen molar-refractivity contribution in [3.05, 3.63) is 23.6 Å². The van der Waals surface area contributed by atoms with Crippen LogP contribution in [0.4, 0.5) is 10.2 Å². The zero-order chi connectivity index (χ0) is 14.3. The lowest BCUT2D eigenvalue weighted by molar-refractivity contribution is 0.0759. The Hall–Kier alpha value is -1.65. The Bertz CT molecular complexity index is 423. The van der Waals surface area contributed by atoms with Crippen molar-refractivity contribution < 1.29 is 9.18 Å². The first-order valence-electron chi connectivity index (χ1n) is 6.83. The van der Waals surface area contributed by atoms with Crippen molar-refractivity contribution in [1.29, 1.82) is 0 Å². The van der Waals surface area contributed by atoms with Gasteiger partial charge in [-0.25, -0.2) is 9.37 Å². The summed E-state index contributed by atoms with van der Waals surface area (Å²) in [5.74, 6) is -0.681. The molecular formula is C14H22FN3O. The van der Waals surface area contributed by atoms with Gasteiger partial charge in [0.25, 0.3) is 5.91 Å². The Morgan fingerprint density at radius 1 is 1.37 bits per heavy atom. The summed E-state index contributed by atoms with van der Waals surface area (Å²) in [5.41, 5.74) is 0.0869. The fourth-order valence-electron chi connectivity index (χ4n) is 1.82. The maximum absolute atomic E-state index is 14.2. The molecule has 1 aromatic rings. The lowest BCUT2D eigenvalue weighted by Crippen LogP contribution is -2.32. The van der Waals surface area contributed by atoms with Gasteiger partial charge in [0.1, 0.15) is 0 Å². The fraction of sp³-hybridized carbons (Fsp3) is 0.571. The summed E-state index contributed by atoms with van der Waals surface area (Å²) in [6.45, 7) is 7.71. The molecule has 0 radical (unpaired) electrons. The van der Waals surface area contributed by atoms with Gasteiger partial charge in [-0.15, -0.1) is 0 Å². The number of hydrogen-bond acceptors (Lipinski definition) is 3. The maximum atomic E-state index is 14.2. The summed E-state index contributed by atoms with van der Waals surface area (Å²) in [6, 6.07) is 1.44. The number of hydrogen-bond donors (Lipinski definition) is 1. The van der Waals surface area contributed by atoms with Crippen LogP contribution < -0.4 is 5.32 Å². The number of pyridine rings is 1. The van der Waals surface area contributed by atoms with Gasteiger partial charge < -0.3 is 10.2 Å². The summed E-state index contributed by atoms with van der Waals surface area (Å²) in [5, 5.41) is 2.89. The SMILES string of the molecule is CCCNc1nccc(C(=O)N(CC)CCC)c1F. The molecule has 0 aliphatic heterocycles. The largest absolute Gasteiger partial charge is 0.368 e. The first kappa shape index (κ1) is 15.4. The van der Waals surface area contributed by atoms with E-state index < -0.39 is 5.82 Å². The normalized spacial score (nSPS) is 10.3. The van der Waals surface area contributed by atoms with Crippen LogP contribution in [0.3, 0.4) is 0 Å². The van der Waals surface area contributed by atoms with Crippen molar-refractivity contribution in [3.63, 3.8) is 0 Å². The van der Waals surface area contributed by atoms with Gasteiger partial charge >= 0.3 is 0 Å². The molecule has 0 aliphatic carbocycles. The molecule has 4 nitrogen and oxygen atoms in total. The molecule has 1 N–H and O–H groups in total. The molecule has 0 aliphatic rings. The van der Waals surface area contributed by atoms with E-state index in [4.69, 9.17) is 0 Å². The Labute approximate surface area is 114 Å². The number of nitrogens with one attached hydrogen (secondary N) is 1. The Balaban J connectivity index is 2.96. The molecule has 1 aromatic heterocycles. The van der Waals surface area contributed by atoms with Crippen LogP contribution in [0.15, 0.2) is 12.3 Å². The molecule has 106 valence electrons. The van der Waals surface area contributed by atoms with Gasteiger partial charge in [0.05, 0.1) is 5.56 Å². The number of aromatic nitrogens is 1. The maximum Gasteiger partial charge on any atom is 0.257 e. The molecule has 0 unspecified atom stereocenters. The number of rotatable bonds is 7. The number of carbonyl (C=O) groups is 1. The van der Waals surface area contributed by atoms with Gasteiger partial charge in [0.2, 0.25) is 0 Å². The Morgan fingerprint density at radius 3 is 2.68 bits per heavy atom. The molecular weight excluding hydrogens is 245 g/mol. The molecule has 1 heterocycles. The van der Waals surface area contributed by atoms with E-state index in [1.165, 1.54) is 12.3 Å². The van der Waals surface area contributed by atoms with Crippen LogP contribution in [0, 0.1) is 5.82 Å². The molecule has 0 atom stereocenters. The minimum absolute atomic E-state index is 0.0869. The van der Waals surface area contributed by atoms with E-state index in [-0.39, 0.29) is 17.3 Å². The second-order valence-electron chi connectivity index (χ2n) is 4.33. The van der Waals surface area contributed by atoms with Crippen molar-refractivity contribution in [2.45, 2.75) is 33.6 Å². The van der Waals surface area contributed by atoms with Crippen molar-refractivity contribution in [2.24, 2.45) is 0 Å². The Kier molecular flexibility index (Phi) is 6.25. The van der Waals surface area contributed by atoms with E-state index >= 15 is 0 Å². The zero-order valence-electron chi connectivity index (χ0n) is 11.9. The molecule has 0 spiro atoms. The topological polar surface area (TPSA) is 45.2 Å². The van der Waals surface area contributed by atoms with Gasteiger partial charge in [-0.05, 0) is 25.8 Å². The average Bonchev–Trinajstić information content (AvgIpc) is 2.43. The molecule has 5 heteroatoms. The number of halogens is 1. The second kappa shape index (κ2) is 7.71. The first-order chi connectivity index (χ1) is 9.15. The van der Waals surface area contributed by atoms with Gasteiger partial charge in [-0.3, -0.25) is 4.79 Å². The highest BCUT2D eigenvalue weighted by molar-refractivity contribution is 5.95. The molecule has 0 bridgehead atoms. The predicted molar refractivity (Wildman–Crippen MR) is 74.8 cm³/mol.